The van der Waals surface area contributed by atoms with Crippen LogP contribution in [0.4, 0.5) is 11.6 Å². The molecule has 1 unspecified atom stereocenters. The summed E-state index contributed by atoms with van der Waals surface area (Å²) in [6, 6.07) is 24.9. The summed E-state index contributed by atoms with van der Waals surface area (Å²) in [5, 5.41) is 1.22. The lowest BCUT2D eigenvalue weighted by Crippen LogP contribution is -2.27. The smallest absolute Gasteiger partial charge is 0.281 e. The molecule has 5 nitrogen and oxygen atoms in total. The maximum atomic E-state index is 13.0. The number of nitrogens with one attached hydrogen (secondary N) is 1. The van der Waals surface area contributed by atoms with Gasteiger partial charge in [0, 0.05) is 10.7 Å². The first-order valence-electron chi connectivity index (χ1n) is 8.60. The second-order valence-corrected chi connectivity index (χ2v) is 6.80. The van der Waals surface area contributed by atoms with Crippen molar-refractivity contribution in [2.24, 2.45) is 0 Å². The first-order chi connectivity index (χ1) is 13.2. The molecule has 1 atom stereocenters. The third-order valence-electron chi connectivity index (χ3n) is 4.68. The van der Waals surface area contributed by atoms with Crippen LogP contribution in [-0.4, -0.2) is 9.66 Å². The SMILES string of the molecule is O=c1c2ccccc2nc2n1NC(c1cccc(Cl)c1)N2c1ccccc1. The lowest BCUT2D eigenvalue weighted by molar-refractivity contribution is 0.767. The van der Waals surface area contributed by atoms with Crippen molar-refractivity contribution < 1.29 is 0 Å². The highest BCUT2D eigenvalue weighted by molar-refractivity contribution is 6.30. The topological polar surface area (TPSA) is 50.2 Å². The molecule has 6 heteroatoms. The Hall–Kier alpha value is -3.31. The number of benzene rings is 3. The number of hydrogen-bond donors (Lipinski definition) is 1. The Morgan fingerprint density at radius 3 is 2.52 bits per heavy atom. The number of anilines is 2. The van der Waals surface area contributed by atoms with Crippen molar-refractivity contribution >= 4 is 34.1 Å². The fourth-order valence-electron chi connectivity index (χ4n) is 3.45. The van der Waals surface area contributed by atoms with Gasteiger partial charge in [0.25, 0.3) is 5.56 Å². The molecule has 1 aromatic heterocycles. The molecular formula is C21H15ClN4O. The van der Waals surface area contributed by atoms with Gasteiger partial charge in [-0.25, -0.2) is 4.98 Å². The molecule has 1 N–H and O–H groups in total. The van der Waals surface area contributed by atoms with Crippen LogP contribution in [0.1, 0.15) is 11.7 Å². The molecule has 0 spiro atoms. The fourth-order valence-corrected chi connectivity index (χ4v) is 3.65. The van der Waals surface area contributed by atoms with Crippen molar-refractivity contribution in [1.82, 2.24) is 9.66 Å². The van der Waals surface area contributed by atoms with Crippen molar-refractivity contribution in [3.05, 3.63) is 99.8 Å². The molecule has 3 aromatic carbocycles. The van der Waals surface area contributed by atoms with Crippen LogP contribution in [0.3, 0.4) is 0 Å². The molecule has 1 aliphatic rings. The molecule has 0 saturated heterocycles. The lowest BCUT2D eigenvalue weighted by Gasteiger charge is -2.25. The second kappa shape index (κ2) is 6.14. The average Bonchev–Trinajstić information content (AvgIpc) is 3.09. The Labute approximate surface area is 160 Å². The Bertz CT molecular complexity index is 1210. The minimum atomic E-state index is -0.303. The van der Waals surface area contributed by atoms with E-state index in [4.69, 9.17) is 16.6 Å². The molecule has 0 amide bonds. The molecule has 4 aromatic rings. The van der Waals surface area contributed by atoms with E-state index in [0.717, 1.165) is 11.3 Å². The molecular weight excluding hydrogens is 360 g/mol. The molecule has 132 valence electrons. The highest BCUT2D eigenvalue weighted by atomic mass is 35.5. The van der Waals surface area contributed by atoms with E-state index in [1.54, 1.807) is 6.07 Å². The highest BCUT2D eigenvalue weighted by Gasteiger charge is 2.34. The number of aromatic nitrogens is 2. The Balaban J connectivity index is 1.77. The first kappa shape index (κ1) is 15.9. The minimum absolute atomic E-state index is 0.124. The van der Waals surface area contributed by atoms with Crippen LogP contribution in [0.25, 0.3) is 10.9 Å². The Kier molecular flexibility index (Phi) is 3.62. The summed E-state index contributed by atoms with van der Waals surface area (Å²) in [5.41, 5.74) is 5.72. The standard InChI is InChI=1S/C21H15ClN4O/c22-15-8-6-7-14(13-15)19-24-26-20(27)17-11-4-5-12-18(17)23-21(26)25(19)16-9-2-1-3-10-16/h1-13,19,24H. The fraction of sp³-hybridized carbons (Fsp3) is 0.0476. The predicted octanol–water partition coefficient (Wildman–Crippen LogP) is 4.44. The van der Waals surface area contributed by atoms with Crippen LogP contribution in [0.15, 0.2) is 83.7 Å². The van der Waals surface area contributed by atoms with Gasteiger partial charge in [0.15, 0.2) is 0 Å². The van der Waals surface area contributed by atoms with Gasteiger partial charge in [0.2, 0.25) is 5.95 Å². The Morgan fingerprint density at radius 1 is 0.926 bits per heavy atom. The van der Waals surface area contributed by atoms with E-state index in [9.17, 15) is 4.79 Å². The normalized spacial score (nSPS) is 15.6. The maximum absolute atomic E-state index is 13.0. The van der Waals surface area contributed by atoms with Crippen LogP contribution < -0.4 is 15.9 Å². The van der Waals surface area contributed by atoms with Crippen molar-refractivity contribution in [1.29, 1.82) is 0 Å². The maximum Gasteiger partial charge on any atom is 0.281 e. The van der Waals surface area contributed by atoms with E-state index in [1.165, 1.54) is 4.68 Å². The summed E-state index contributed by atoms with van der Waals surface area (Å²) in [7, 11) is 0. The van der Waals surface area contributed by atoms with Crippen LogP contribution >= 0.6 is 11.6 Å². The third-order valence-corrected chi connectivity index (χ3v) is 4.92. The number of rotatable bonds is 2. The molecule has 0 radical (unpaired) electrons. The van der Waals surface area contributed by atoms with E-state index < -0.39 is 0 Å². The lowest BCUT2D eigenvalue weighted by atomic mass is 10.1. The van der Waals surface area contributed by atoms with E-state index in [-0.39, 0.29) is 11.7 Å². The Morgan fingerprint density at radius 2 is 1.70 bits per heavy atom. The largest absolute Gasteiger partial charge is 0.293 e. The van der Waals surface area contributed by atoms with Crippen molar-refractivity contribution in [3.63, 3.8) is 0 Å². The zero-order chi connectivity index (χ0) is 18.4. The molecule has 0 bridgehead atoms. The third kappa shape index (κ3) is 2.55. The summed E-state index contributed by atoms with van der Waals surface area (Å²) in [6.45, 7) is 0. The van der Waals surface area contributed by atoms with Crippen molar-refractivity contribution in [2.45, 2.75) is 6.17 Å². The van der Waals surface area contributed by atoms with Gasteiger partial charge in [-0.1, -0.05) is 54.1 Å². The molecule has 2 heterocycles. The molecule has 0 saturated carbocycles. The number of halogens is 1. The number of hydrogen-bond acceptors (Lipinski definition) is 4. The zero-order valence-electron chi connectivity index (χ0n) is 14.2. The molecule has 5 rings (SSSR count). The summed E-state index contributed by atoms with van der Waals surface area (Å²) in [6.07, 6.45) is -0.303. The van der Waals surface area contributed by atoms with Crippen LogP contribution in [0, 0.1) is 0 Å². The minimum Gasteiger partial charge on any atom is -0.293 e. The quantitative estimate of drug-likeness (QED) is 0.563. The number of nitrogens with zero attached hydrogens (tertiary/aromatic N) is 3. The van der Waals surface area contributed by atoms with E-state index >= 15 is 0 Å². The summed E-state index contributed by atoms with van der Waals surface area (Å²) in [4.78, 5) is 19.8. The van der Waals surface area contributed by atoms with Gasteiger partial charge < -0.3 is 0 Å². The van der Waals surface area contributed by atoms with Gasteiger partial charge in [-0.3, -0.25) is 15.1 Å². The van der Waals surface area contributed by atoms with E-state index in [1.807, 2.05) is 77.7 Å². The molecule has 0 aliphatic carbocycles. The second-order valence-electron chi connectivity index (χ2n) is 6.36. The summed E-state index contributed by atoms with van der Waals surface area (Å²) >= 11 is 6.21. The van der Waals surface area contributed by atoms with Gasteiger partial charge in [-0.2, -0.15) is 4.68 Å². The highest BCUT2D eigenvalue weighted by Crippen LogP contribution is 2.37. The van der Waals surface area contributed by atoms with Crippen LogP contribution in [-0.2, 0) is 0 Å². The molecule has 0 fully saturated rings. The van der Waals surface area contributed by atoms with Gasteiger partial charge >= 0.3 is 0 Å². The van der Waals surface area contributed by atoms with Gasteiger partial charge in [-0.15, -0.1) is 0 Å². The summed E-state index contributed by atoms with van der Waals surface area (Å²) in [5.74, 6) is 0.551. The average molecular weight is 375 g/mol. The van der Waals surface area contributed by atoms with E-state index in [0.29, 0.717) is 21.9 Å². The van der Waals surface area contributed by atoms with Crippen LogP contribution in [0.5, 0.6) is 0 Å². The van der Waals surface area contributed by atoms with Gasteiger partial charge in [0.1, 0.15) is 6.17 Å². The summed E-state index contributed by atoms with van der Waals surface area (Å²) < 4.78 is 1.51. The molecule has 27 heavy (non-hydrogen) atoms. The van der Waals surface area contributed by atoms with Gasteiger partial charge in [0.05, 0.1) is 10.9 Å². The predicted molar refractivity (Wildman–Crippen MR) is 108 cm³/mol. The van der Waals surface area contributed by atoms with Gasteiger partial charge in [-0.05, 0) is 42.0 Å². The number of para-hydroxylation sites is 2. The molecule has 1 aliphatic heterocycles. The first-order valence-corrected chi connectivity index (χ1v) is 8.98. The van der Waals surface area contributed by atoms with Crippen molar-refractivity contribution in [3.8, 4) is 0 Å². The zero-order valence-corrected chi connectivity index (χ0v) is 15.0. The van der Waals surface area contributed by atoms with Crippen LogP contribution in [0.2, 0.25) is 5.02 Å². The van der Waals surface area contributed by atoms with E-state index in [2.05, 4.69) is 5.43 Å². The van der Waals surface area contributed by atoms with Crippen molar-refractivity contribution in [2.75, 3.05) is 10.3 Å². The number of fused-ring (bicyclic) bond motifs is 2. The monoisotopic (exact) mass is 374 g/mol.